The van der Waals surface area contributed by atoms with Crippen molar-refractivity contribution < 1.29 is 18.0 Å². The second-order valence-electron chi connectivity index (χ2n) is 4.90. The molecule has 0 saturated heterocycles. The van der Waals surface area contributed by atoms with Crippen LogP contribution in [0.3, 0.4) is 0 Å². The summed E-state index contributed by atoms with van der Waals surface area (Å²) in [4.78, 5) is 22.7. The molecule has 0 aliphatic heterocycles. The minimum atomic E-state index is -3.43. The molecule has 0 aliphatic carbocycles. The lowest BCUT2D eigenvalue weighted by atomic mass is 10.2. The Balaban J connectivity index is 4.71. The Morgan fingerprint density at radius 1 is 1.10 bits per heavy atom. The summed E-state index contributed by atoms with van der Waals surface area (Å²) in [5, 5.41) is 1.63. The first-order chi connectivity index (χ1) is 9.28. The van der Waals surface area contributed by atoms with Crippen molar-refractivity contribution in [2.24, 2.45) is 5.73 Å². The molecule has 0 saturated carbocycles. The quantitative estimate of drug-likeness (QED) is 0.654. The molecule has 118 valence electrons. The first-order valence-electron chi connectivity index (χ1n) is 7.09. The van der Waals surface area contributed by atoms with Gasteiger partial charge in [0.2, 0.25) is 11.8 Å². The first kappa shape index (κ1) is 19.1. The van der Waals surface area contributed by atoms with Gasteiger partial charge in [-0.2, -0.15) is 0 Å². The highest BCUT2D eigenvalue weighted by molar-refractivity contribution is 7.92. The molecule has 7 heteroatoms. The molecule has 0 fully saturated rings. The highest BCUT2D eigenvalue weighted by Gasteiger charge is 2.29. The lowest BCUT2D eigenvalue weighted by Gasteiger charge is -2.18. The van der Waals surface area contributed by atoms with Crippen LogP contribution in [0.1, 0.15) is 52.9 Å². The summed E-state index contributed by atoms with van der Waals surface area (Å²) in [6, 6.07) is -1.20. The van der Waals surface area contributed by atoms with Gasteiger partial charge in [-0.3, -0.25) is 14.9 Å². The van der Waals surface area contributed by atoms with E-state index < -0.39 is 38.7 Å². The van der Waals surface area contributed by atoms with Gasteiger partial charge in [-0.05, 0) is 12.8 Å². The average Bonchev–Trinajstić information content (AvgIpc) is 2.37. The Hall–Kier alpha value is -0.950. The summed E-state index contributed by atoms with van der Waals surface area (Å²) in [7, 11) is -3.43. The summed E-state index contributed by atoms with van der Waals surface area (Å²) < 4.78 is 24.5. The summed E-state index contributed by atoms with van der Waals surface area (Å²) in [5.41, 5.74) is 5.59. The molecule has 6 nitrogen and oxygen atoms in total. The number of hydrogen-bond acceptors (Lipinski definition) is 5. The predicted octanol–water partition coefficient (Wildman–Crippen LogP) is 0.750. The topological polar surface area (TPSA) is 106 Å². The van der Waals surface area contributed by atoms with Crippen molar-refractivity contribution in [1.82, 2.24) is 5.32 Å². The highest BCUT2D eigenvalue weighted by Crippen LogP contribution is 2.16. The summed E-state index contributed by atoms with van der Waals surface area (Å²) >= 11 is 0. The van der Waals surface area contributed by atoms with E-state index in [-0.39, 0.29) is 6.42 Å². The van der Waals surface area contributed by atoms with E-state index in [0.717, 1.165) is 12.8 Å². The number of sulfone groups is 1. The SMILES string of the molecule is CCCC(CCC)S(=O)(=O)C[C@@H](N)C(=O)NC(=O)CC. The zero-order chi connectivity index (χ0) is 15.8. The number of amides is 2. The van der Waals surface area contributed by atoms with E-state index >= 15 is 0 Å². The van der Waals surface area contributed by atoms with Crippen LogP contribution < -0.4 is 11.1 Å². The molecule has 0 aromatic rings. The van der Waals surface area contributed by atoms with Crippen molar-refractivity contribution in [3.63, 3.8) is 0 Å². The fourth-order valence-corrected chi connectivity index (χ4v) is 4.04. The minimum Gasteiger partial charge on any atom is -0.319 e. The fraction of sp³-hybridized carbons (Fsp3) is 0.846. The molecule has 0 heterocycles. The van der Waals surface area contributed by atoms with Crippen molar-refractivity contribution in [1.29, 1.82) is 0 Å². The minimum absolute atomic E-state index is 0.152. The normalized spacial score (nSPS) is 13.2. The van der Waals surface area contributed by atoms with Crippen molar-refractivity contribution in [3.05, 3.63) is 0 Å². The van der Waals surface area contributed by atoms with Gasteiger partial charge >= 0.3 is 0 Å². The van der Waals surface area contributed by atoms with Gasteiger partial charge in [0.25, 0.3) is 0 Å². The molecule has 0 bridgehead atoms. The maximum absolute atomic E-state index is 12.2. The van der Waals surface area contributed by atoms with Crippen LogP contribution in [0.2, 0.25) is 0 Å². The van der Waals surface area contributed by atoms with Gasteiger partial charge in [-0.25, -0.2) is 8.42 Å². The Morgan fingerprint density at radius 2 is 1.60 bits per heavy atom. The van der Waals surface area contributed by atoms with Gasteiger partial charge < -0.3 is 5.73 Å². The fourth-order valence-electron chi connectivity index (χ4n) is 1.93. The number of nitrogens with one attached hydrogen (secondary N) is 1. The summed E-state index contributed by atoms with van der Waals surface area (Å²) in [6.07, 6.45) is 2.82. The molecule has 2 amide bonds. The molecule has 3 N–H and O–H groups in total. The van der Waals surface area contributed by atoms with Crippen LogP contribution >= 0.6 is 0 Å². The number of carbonyl (C=O) groups excluding carboxylic acids is 2. The second-order valence-corrected chi connectivity index (χ2v) is 7.23. The van der Waals surface area contributed by atoms with Crippen LogP contribution in [0.5, 0.6) is 0 Å². The van der Waals surface area contributed by atoms with E-state index in [0.29, 0.717) is 12.8 Å². The summed E-state index contributed by atoms with van der Waals surface area (Å²) in [5.74, 6) is -1.60. The third-order valence-corrected chi connectivity index (χ3v) is 5.37. The third kappa shape index (κ3) is 6.47. The molecule has 20 heavy (non-hydrogen) atoms. The molecule has 0 unspecified atom stereocenters. The molecule has 1 atom stereocenters. The number of carbonyl (C=O) groups is 2. The molecule has 0 aromatic carbocycles. The lowest BCUT2D eigenvalue weighted by molar-refractivity contribution is -0.130. The van der Waals surface area contributed by atoms with Crippen molar-refractivity contribution in [2.75, 3.05) is 5.75 Å². The van der Waals surface area contributed by atoms with Crippen LogP contribution in [0.25, 0.3) is 0 Å². The van der Waals surface area contributed by atoms with Gasteiger partial charge in [-0.1, -0.05) is 33.6 Å². The molecule has 0 rings (SSSR count). The Kier molecular flexibility index (Phi) is 8.64. The second kappa shape index (κ2) is 9.07. The lowest BCUT2D eigenvalue weighted by Crippen LogP contribution is -2.48. The maximum Gasteiger partial charge on any atom is 0.244 e. The third-order valence-electron chi connectivity index (χ3n) is 3.06. The van der Waals surface area contributed by atoms with E-state index in [1.54, 1.807) is 6.92 Å². The van der Waals surface area contributed by atoms with E-state index in [9.17, 15) is 18.0 Å². The van der Waals surface area contributed by atoms with Gasteiger partial charge in [0, 0.05) is 6.42 Å². The Morgan fingerprint density at radius 3 is 2.00 bits per heavy atom. The van der Waals surface area contributed by atoms with Gasteiger partial charge in [0.15, 0.2) is 9.84 Å². The standard InChI is InChI=1S/C13H26N2O4S/c1-4-7-10(8-5-2)20(18,19)9-11(14)13(17)15-12(16)6-3/h10-11H,4-9,14H2,1-3H3,(H,15,16,17)/t11-/m1/s1. The maximum atomic E-state index is 12.2. The van der Waals surface area contributed by atoms with Crippen LogP contribution in [-0.2, 0) is 19.4 Å². The van der Waals surface area contributed by atoms with Crippen molar-refractivity contribution >= 4 is 21.7 Å². The Labute approximate surface area is 121 Å². The summed E-state index contributed by atoms with van der Waals surface area (Å²) in [6.45, 7) is 5.44. The van der Waals surface area contributed by atoms with Gasteiger partial charge in [0.1, 0.15) is 0 Å². The molecule has 0 radical (unpaired) electrons. The predicted molar refractivity (Wildman–Crippen MR) is 78.8 cm³/mol. The monoisotopic (exact) mass is 306 g/mol. The molecular weight excluding hydrogens is 280 g/mol. The first-order valence-corrected chi connectivity index (χ1v) is 8.80. The van der Waals surface area contributed by atoms with Crippen LogP contribution in [0, 0.1) is 0 Å². The van der Waals surface area contributed by atoms with Crippen LogP contribution in [-0.4, -0.2) is 37.3 Å². The zero-order valence-corrected chi connectivity index (χ0v) is 13.3. The van der Waals surface area contributed by atoms with E-state index in [1.807, 2.05) is 13.8 Å². The number of rotatable bonds is 9. The Bertz CT molecular complexity index is 414. The molecule has 0 aliphatic rings. The number of nitrogens with two attached hydrogens (primary N) is 1. The average molecular weight is 306 g/mol. The molecule has 0 spiro atoms. The smallest absolute Gasteiger partial charge is 0.244 e. The zero-order valence-electron chi connectivity index (χ0n) is 12.5. The van der Waals surface area contributed by atoms with Gasteiger partial charge in [0.05, 0.1) is 17.0 Å². The van der Waals surface area contributed by atoms with E-state index in [1.165, 1.54) is 0 Å². The number of hydrogen-bond donors (Lipinski definition) is 2. The van der Waals surface area contributed by atoms with Crippen molar-refractivity contribution in [3.8, 4) is 0 Å². The van der Waals surface area contributed by atoms with Crippen LogP contribution in [0.15, 0.2) is 0 Å². The number of imide groups is 1. The van der Waals surface area contributed by atoms with E-state index in [2.05, 4.69) is 5.32 Å². The molecule has 0 aromatic heterocycles. The van der Waals surface area contributed by atoms with E-state index in [4.69, 9.17) is 5.73 Å². The van der Waals surface area contributed by atoms with Crippen molar-refractivity contribution in [2.45, 2.75) is 64.2 Å². The highest BCUT2D eigenvalue weighted by atomic mass is 32.2. The largest absolute Gasteiger partial charge is 0.319 e. The molecular formula is C13H26N2O4S. The van der Waals surface area contributed by atoms with Gasteiger partial charge in [-0.15, -0.1) is 0 Å². The van der Waals surface area contributed by atoms with Crippen LogP contribution in [0.4, 0.5) is 0 Å².